The third-order valence-electron chi connectivity index (χ3n) is 5.65. The number of rotatable bonds is 6. The van der Waals surface area contributed by atoms with Gasteiger partial charge in [0.1, 0.15) is 0 Å². The Balaban J connectivity index is 1.97. The summed E-state index contributed by atoms with van der Waals surface area (Å²) < 4.78 is 69.8. The van der Waals surface area contributed by atoms with Gasteiger partial charge in [0.05, 0.1) is 0 Å². The van der Waals surface area contributed by atoms with Crippen LogP contribution in [0.1, 0.15) is 41.5 Å². The molecule has 0 radical (unpaired) electrons. The summed E-state index contributed by atoms with van der Waals surface area (Å²) in [5, 5.41) is 0. The maximum absolute atomic E-state index is 11.7. The second kappa shape index (κ2) is 9.51. The van der Waals surface area contributed by atoms with Crippen LogP contribution in [0, 0.1) is 0 Å². The van der Waals surface area contributed by atoms with E-state index in [1.54, 1.807) is 0 Å². The maximum atomic E-state index is 11.7. The van der Waals surface area contributed by atoms with Gasteiger partial charge in [0.2, 0.25) is 0 Å². The van der Waals surface area contributed by atoms with Crippen LogP contribution in [0.15, 0.2) is 0 Å². The molecule has 21 heteroatoms. The molecule has 2 N–H and O–H groups in total. The molecule has 4 aliphatic rings. The molecule has 0 saturated carbocycles. The smallest absolute Gasteiger partial charge is 0.397 e. The number of hydrogen-bond acceptors (Lipinski definition) is 13. The molecule has 192 valence electrons. The summed E-state index contributed by atoms with van der Waals surface area (Å²) >= 11 is 0. The molecule has 0 aliphatic carbocycles. The van der Waals surface area contributed by atoms with Gasteiger partial charge in [-0.05, 0) is 12.1 Å². The number of hydrogen-bond donors (Lipinski definition) is 2. The van der Waals surface area contributed by atoms with Crippen LogP contribution in [0.25, 0.3) is 0 Å². The monoisotopic (exact) mass is 610 g/mol. The predicted octanol–water partition coefficient (Wildman–Crippen LogP) is 0.395. The molecule has 0 aromatic carbocycles. The van der Waals surface area contributed by atoms with Gasteiger partial charge in [-0.3, -0.25) is 0 Å². The van der Waals surface area contributed by atoms with Crippen LogP contribution in [0.2, 0.25) is 36.3 Å². The van der Waals surface area contributed by atoms with Gasteiger partial charge in [0, 0.05) is 24.2 Å². The Hall–Kier alpha value is 1.22. The van der Waals surface area contributed by atoms with Gasteiger partial charge in [-0.15, -0.1) is 0 Å². The lowest BCUT2D eigenvalue weighted by Gasteiger charge is -2.56. The lowest BCUT2D eigenvalue weighted by Crippen LogP contribution is -2.82. The van der Waals surface area contributed by atoms with Gasteiger partial charge in [-0.25, -0.2) is 0 Å². The Morgan fingerprint density at radius 1 is 0.455 bits per heavy atom. The Kier molecular flexibility index (Phi) is 7.85. The Bertz CT molecular complexity index is 679. The third kappa shape index (κ3) is 5.16. The van der Waals surface area contributed by atoms with Crippen molar-refractivity contribution >= 4 is 71.9 Å². The van der Waals surface area contributed by atoms with E-state index in [9.17, 15) is 9.59 Å². The minimum Gasteiger partial charge on any atom is -0.397 e. The topological polar surface area (TPSA) is 142 Å². The molecule has 4 rings (SSSR count). The Morgan fingerprint density at radius 2 is 0.758 bits per heavy atom. The van der Waals surface area contributed by atoms with Crippen molar-refractivity contribution in [1.29, 1.82) is 0 Å². The molecule has 0 aromatic rings. The molecule has 0 amide bonds. The first kappa shape index (κ1) is 27.3. The first-order valence-electron chi connectivity index (χ1n) is 11.5. The van der Waals surface area contributed by atoms with Gasteiger partial charge in [0.15, 0.2) is 0 Å². The van der Waals surface area contributed by atoms with E-state index >= 15 is 0 Å². The second-order valence-corrected chi connectivity index (χ2v) is 31.3. The summed E-state index contributed by atoms with van der Waals surface area (Å²) in [5.74, 6) is 0. The molecule has 4 saturated heterocycles. The summed E-state index contributed by atoms with van der Waals surface area (Å²) in [5.41, 5.74) is 0. The molecule has 13 nitrogen and oxygen atoms in total. The molecule has 4 heterocycles. The van der Waals surface area contributed by atoms with Gasteiger partial charge in [-0.1, -0.05) is 41.5 Å². The zero-order valence-corrected chi connectivity index (χ0v) is 28.1. The van der Waals surface area contributed by atoms with Crippen molar-refractivity contribution in [3.63, 3.8) is 0 Å². The fraction of sp³-hybridized carbons (Fsp3) is 1.00. The summed E-state index contributed by atoms with van der Waals surface area (Å²) in [4.78, 5) is 23.3. The molecule has 8 atom stereocenters. The van der Waals surface area contributed by atoms with Crippen LogP contribution in [-0.4, -0.2) is 81.5 Å². The average molecular weight is 611 g/mol. The first-order valence-corrected chi connectivity index (χ1v) is 26.1. The fourth-order valence-corrected chi connectivity index (χ4v) is 43.2. The largest absolute Gasteiger partial charge is 0.652 e. The summed E-state index contributed by atoms with van der Waals surface area (Å²) in [7, 11) is -29.0. The minimum atomic E-state index is -4.40. The molecule has 33 heavy (non-hydrogen) atoms. The van der Waals surface area contributed by atoms with E-state index in [4.69, 9.17) is 45.3 Å². The lowest BCUT2D eigenvalue weighted by atomic mass is 11.0. The van der Waals surface area contributed by atoms with Crippen molar-refractivity contribution in [3.8, 4) is 0 Å². The van der Waals surface area contributed by atoms with Gasteiger partial charge in [0.25, 0.3) is 0 Å². The molecule has 4 fully saturated rings. The molecular weight excluding hydrogens is 577 g/mol. The highest BCUT2D eigenvalue weighted by atomic mass is 28.6. The second-order valence-electron chi connectivity index (χ2n) is 8.06. The quantitative estimate of drug-likeness (QED) is 0.401. The van der Waals surface area contributed by atoms with Crippen LogP contribution in [0.4, 0.5) is 0 Å². The molecule has 8 unspecified atom stereocenters. The van der Waals surface area contributed by atoms with Crippen molar-refractivity contribution in [2.75, 3.05) is 0 Å². The summed E-state index contributed by atoms with van der Waals surface area (Å²) in [6.07, 6.45) is 0. The molecule has 0 aromatic heterocycles. The number of fused-ring (bicyclic) bond motifs is 4. The van der Waals surface area contributed by atoms with E-state index in [1.165, 1.54) is 0 Å². The van der Waals surface area contributed by atoms with Crippen LogP contribution in [0.3, 0.4) is 0 Å². The maximum Gasteiger partial charge on any atom is 0.652 e. The van der Waals surface area contributed by atoms with E-state index in [0.29, 0.717) is 24.2 Å². The van der Waals surface area contributed by atoms with Gasteiger partial charge >= 0.3 is 71.9 Å². The van der Waals surface area contributed by atoms with E-state index in [1.807, 2.05) is 41.5 Å². The summed E-state index contributed by atoms with van der Waals surface area (Å²) in [6, 6.07) is 2.03. The van der Waals surface area contributed by atoms with Crippen molar-refractivity contribution < 1.29 is 54.9 Å². The van der Waals surface area contributed by atoms with E-state index < -0.39 is 71.9 Å². The van der Waals surface area contributed by atoms with Crippen molar-refractivity contribution in [1.82, 2.24) is 0 Å². The zero-order chi connectivity index (χ0) is 24.2. The van der Waals surface area contributed by atoms with Crippen LogP contribution in [-0.2, 0) is 45.3 Å². The van der Waals surface area contributed by atoms with E-state index in [-0.39, 0.29) is 12.1 Å². The predicted molar refractivity (Wildman–Crippen MR) is 128 cm³/mol. The Labute approximate surface area is 204 Å². The molecular formula is C12H34O13Si8. The highest BCUT2D eigenvalue weighted by Gasteiger charge is 2.77. The highest BCUT2D eigenvalue weighted by Crippen LogP contribution is 2.45. The molecule has 0 spiro atoms. The molecule has 6 bridgehead atoms. The van der Waals surface area contributed by atoms with Crippen LogP contribution in [0.5, 0.6) is 0 Å². The fourth-order valence-electron chi connectivity index (χ4n) is 3.90. The minimum absolute atomic E-state index is 0.255. The SMILES string of the molecule is CC[SiH]1O[Si]2(O)O[Si]3(CC)O[SiH](CC)O[Si]4(O)O[Si](CC)(O1)O[Si](CC)(O2)O[Si](CC)(O4)O3. The molecule has 4 aliphatic heterocycles. The average Bonchev–Trinajstić information content (AvgIpc) is 2.73. The highest BCUT2D eigenvalue weighted by molar-refractivity contribution is 6.97. The Morgan fingerprint density at radius 3 is 1.06 bits per heavy atom. The van der Waals surface area contributed by atoms with E-state index in [0.717, 1.165) is 0 Å². The van der Waals surface area contributed by atoms with Crippen LogP contribution >= 0.6 is 0 Å². The third-order valence-corrected chi connectivity index (χ3v) is 36.5. The van der Waals surface area contributed by atoms with Crippen LogP contribution < -0.4 is 0 Å². The van der Waals surface area contributed by atoms with Crippen molar-refractivity contribution in [2.45, 2.75) is 77.8 Å². The van der Waals surface area contributed by atoms with Crippen molar-refractivity contribution in [3.05, 3.63) is 0 Å². The summed E-state index contributed by atoms with van der Waals surface area (Å²) in [6.45, 7) is 11.0. The van der Waals surface area contributed by atoms with Gasteiger partial charge in [-0.2, -0.15) is 0 Å². The normalized spacial score (nSPS) is 52.4. The van der Waals surface area contributed by atoms with Crippen molar-refractivity contribution in [2.24, 2.45) is 0 Å². The zero-order valence-electron chi connectivity index (χ0n) is 19.8. The standard InChI is InChI=1S/C12H34O13Si8/c1-7-26-15-28(9-3)19-30(11-5)21-31(12-6)20-29(10-4,23-32(13,17-26)24-30)16-27(8-2)18-33(14,22-28)25-31/h13-14,26-27H,7-12H2,1-6H3. The van der Waals surface area contributed by atoms with E-state index in [2.05, 4.69) is 0 Å². The van der Waals surface area contributed by atoms with Gasteiger partial charge < -0.3 is 54.9 Å². The lowest BCUT2D eigenvalue weighted by molar-refractivity contribution is -0.0247. The first-order chi connectivity index (χ1) is 15.5.